The highest BCUT2D eigenvalue weighted by molar-refractivity contribution is 5.91. The van der Waals surface area contributed by atoms with Crippen LogP contribution in [0.3, 0.4) is 0 Å². The van der Waals surface area contributed by atoms with E-state index in [1.807, 2.05) is 0 Å². The van der Waals surface area contributed by atoms with Gasteiger partial charge in [0.15, 0.2) is 0 Å². The number of amides is 1. The molecule has 1 saturated carbocycles. The fraction of sp³-hybridized carbons (Fsp3) is 0.632. The van der Waals surface area contributed by atoms with E-state index < -0.39 is 5.41 Å². The molecule has 0 bridgehead atoms. The molecule has 4 nitrogen and oxygen atoms in total. The zero-order valence-corrected chi connectivity index (χ0v) is 14.1. The van der Waals surface area contributed by atoms with Crippen LogP contribution in [-0.4, -0.2) is 48.2 Å². The molecule has 1 aromatic rings. The van der Waals surface area contributed by atoms with Gasteiger partial charge in [-0.05, 0) is 69.3 Å². The van der Waals surface area contributed by atoms with Gasteiger partial charge in [-0.15, -0.1) is 0 Å². The van der Waals surface area contributed by atoms with Crippen LogP contribution < -0.4 is 5.32 Å². The Balaban J connectivity index is 1.39. The first-order valence-electron chi connectivity index (χ1n) is 9.05. The molecular formula is C19H27FN2O2. The van der Waals surface area contributed by atoms with E-state index in [1.165, 1.54) is 18.6 Å². The summed E-state index contributed by atoms with van der Waals surface area (Å²) in [5.41, 5.74) is 0.495. The van der Waals surface area contributed by atoms with Crippen molar-refractivity contribution in [2.75, 3.05) is 26.2 Å². The Morgan fingerprint density at radius 3 is 2.71 bits per heavy atom. The molecule has 1 saturated heterocycles. The van der Waals surface area contributed by atoms with Crippen LogP contribution in [0.15, 0.2) is 24.3 Å². The molecule has 3 rings (SSSR count). The first kappa shape index (κ1) is 17.4. The van der Waals surface area contributed by atoms with Crippen molar-refractivity contribution in [3.05, 3.63) is 35.6 Å². The SMILES string of the molecule is O=C(NCCCCN1CCCC1CO)C1(c2ccc(F)cc2)CC1. The number of nitrogens with one attached hydrogen (secondary N) is 1. The van der Waals surface area contributed by atoms with E-state index >= 15 is 0 Å². The highest BCUT2D eigenvalue weighted by atomic mass is 19.1. The molecule has 1 aliphatic heterocycles. The minimum atomic E-state index is -0.426. The van der Waals surface area contributed by atoms with E-state index in [1.54, 1.807) is 12.1 Å². The van der Waals surface area contributed by atoms with Gasteiger partial charge in [0.1, 0.15) is 5.82 Å². The van der Waals surface area contributed by atoms with Crippen LogP contribution in [0.5, 0.6) is 0 Å². The molecule has 132 valence electrons. The highest BCUT2D eigenvalue weighted by Crippen LogP contribution is 2.48. The van der Waals surface area contributed by atoms with Crippen LogP contribution >= 0.6 is 0 Å². The molecule has 5 heteroatoms. The minimum absolute atomic E-state index is 0.0727. The molecule has 1 aliphatic carbocycles. The molecule has 24 heavy (non-hydrogen) atoms. The molecule has 2 fully saturated rings. The number of carbonyl (C=O) groups excluding carboxylic acids is 1. The zero-order valence-electron chi connectivity index (χ0n) is 14.1. The average Bonchev–Trinajstić information content (AvgIpc) is 3.28. The second-order valence-corrected chi connectivity index (χ2v) is 7.07. The molecule has 1 aromatic carbocycles. The van der Waals surface area contributed by atoms with Crippen molar-refractivity contribution in [1.29, 1.82) is 0 Å². The number of benzene rings is 1. The maximum absolute atomic E-state index is 13.0. The molecule has 0 spiro atoms. The molecule has 0 radical (unpaired) electrons. The van der Waals surface area contributed by atoms with E-state index in [2.05, 4.69) is 10.2 Å². The average molecular weight is 334 g/mol. The number of hydrogen-bond acceptors (Lipinski definition) is 3. The van der Waals surface area contributed by atoms with Crippen LogP contribution in [0.1, 0.15) is 44.1 Å². The Morgan fingerprint density at radius 1 is 1.29 bits per heavy atom. The summed E-state index contributed by atoms with van der Waals surface area (Å²) in [4.78, 5) is 14.8. The molecule has 1 unspecified atom stereocenters. The number of halogens is 1. The predicted octanol–water partition coefficient (Wildman–Crippen LogP) is 2.21. The second kappa shape index (κ2) is 7.62. The topological polar surface area (TPSA) is 52.6 Å². The molecule has 1 heterocycles. The van der Waals surface area contributed by atoms with Crippen LogP contribution in [0, 0.1) is 5.82 Å². The molecule has 1 atom stereocenters. The van der Waals surface area contributed by atoms with E-state index in [9.17, 15) is 14.3 Å². The fourth-order valence-corrected chi connectivity index (χ4v) is 3.75. The van der Waals surface area contributed by atoms with Gasteiger partial charge in [-0.2, -0.15) is 0 Å². The summed E-state index contributed by atoms with van der Waals surface area (Å²) in [6.07, 6.45) is 5.92. The summed E-state index contributed by atoms with van der Waals surface area (Å²) < 4.78 is 13.0. The van der Waals surface area contributed by atoms with Crippen molar-refractivity contribution in [3.63, 3.8) is 0 Å². The Kier molecular flexibility index (Phi) is 5.51. The quantitative estimate of drug-likeness (QED) is 0.717. The van der Waals surface area contributed by atoms with Crippen molar-refractivity contribution in [1.82, 2.24) is 10.2 Å². The van der Waals surface area contributed by atoms with E-state index in [0.29, 0.717) is 12.6 Å². The van der Waals surface area contributed by atoms with Gasteiger partial charge in [0.05, 0.1) is 12.0 Å². The number of hydrogen-bond donors (Lipinski definition) is 2. The van der Waals surface area contributed by atoms with Crippen LogP contribution in [0.25, 0.3) is 0 Å². The monoisotopic (exact) mass is 334 g/mol. The summed E-state index contributed by atoms with van der Waals surface area (Å²) in [5, 5.41) is 12.4. The van der Waals surface area contributed by atoms with Gasteiger partial charge in [-0.3, -0.25) is 9.69 Å². The third-order valence-electron chi connectivity index (χ3n) is 5.45. The largest absolute Gasteiger partial charge is 0.395 e. The molecule has 0 aromatic heterocycles. The number of nitrogens with zero attached hydrogens (tertiary/aromatic N) is 1. The lowest BCUT2D eigenvalue weighted by Gasteiger charge is -2.22. The lowest BCUT2D eigenvalue weighted by Crippen LogP contribution is -2.36. The van der Waals surface area contributed by atoms with E-state index in [4.69, 9.17) is 0 Å². The number of unbranched alkanes of at least 4 members (excludes halogenated alkanes) is 1. The van der Waals surface area contributed by atoms with Crippen LogP contribution in [0.2, 0.25) is 0 Å². The van der Waals surface area contributed by atoms with Gasteiger partial charge in [0.25, 0.3) is 0 Å². The number of carbonyl (C=O) groups is 1. The summed E-state index contributed by atoms with van der Waals surface area (Å²) in [5.74, 6) is -0.193. The van der Waals surface area contributed by atoms with Gasteiger partial charge in [0.2, 0.25) is 5.91 Å². The maximum Gasteiger partial charge on any atom is 0.230 e. The number of likely N-dealkylation sites (tertiary alicyclic amines) is 1. The standard InChI is InChI=1S/C19H27FN2O2/c20-16-7-5-15(6-8-16)19(9-10-19)18(24)21-11-1-2-12-22-13-3-4-17(22)14-23/h5-8,17,23H,1-4,9-14H2,(H,21,24). The molecule has 2 aliphatic rings. The molecule has 2 N–H and O–H groups in total. The third kappa shape index (κ3) is 3.78. The Labute approximate surface area is 143 Å². The number of rotatable bonds is 8. The van der Waals surface area contributed by atoms with Crippen molar-refractivity contribution >= 4 is 5.91 Å². The van der Waals surface area contributed by atoms with E-state index in [0.717, 1.165) is 50.8 Å². The number of aliphatic hydroxyl groups excluding tert-OH is 1. The summed E-state index contributed by atoms with van der Waals surface area (Å²) >= 11 is 0. The van der Waals surface area contributed by atoms with E-state index in [-0.39, 0.29) is 18.3 Å². The van der Waals surface area contributed by atoms with Gasteiger partial charge in [0, 0.05) is 12.6 Å². The van der Waals surface area contributed by atoms with Gasteiger partial charge >= 0.3 is 0 Å². The third-order valence-corrected chi connectivity index (χ3v) is 5.45. The van der Waals surface area contributed by atoms with Crippen molar-refractivity contribution in [3.8, 4) is 0 Å². The Morgan fingerprint density at radius 2 is 2.04 bits per heavy atom. The molecule has 1 amide bonds. The lowest BCUT2D eigenvalue weighted by molar-refractivity contribution is -0.123. The minimum Gasteiger partial charge on any atom is -0.395 e. The van der Waals surface area contributed by atoms with Gasteiger partial charge < -0.3 is 10.4 Å². The first-order chi connectivity index (χ1) is 11.7. The zero-order chi connectivity index (χ0) is 17.0. The van der Waals surface area contributed by atoms with Crippen molar-refractivity contribution in [2.45, 2.75) is 50.0 Å². The Hall–Kier alpha value is -1.46. The summed E-state index contributed by atoms with van der Waals surface area (Å²) in [7, 11) is 0. The fourth-order valence-electron chi connectivity index (χ4n) is 3.75. The van der Waals surface area contributed by atoms with Crippen LogP contribution in [0.4, 0.5) is 4.39 Å². The first-order valence-corrected chi connectivity index (χ1v) is 9.05. The Bertz CT molecular complexity index is 557. The summed E-state index contributed by atoms with van der Waals surface area (Å²) in [6.45, 7) is 2.99. The van der Waals surface area contributed by atoms with Gasteiger partial charge in [-0.1, -0.05) is 12.1 Å². The smallest absolute Gasteiger partial charge is 0.230 e. The highest BCUT2D eigenvalue weighted by Gasteiger charge is 2.50. The van der Waals surface area contributed by atoms with Crippen LogP contribution in [-0.2, 0) is 10.2 Å². The molecular weight excluding hydrogens is 307 g/mol. The van der Waals surface area contributed by atoms with Crippen molar-refractivity contribution < 1.29 is 14.3 Å². The normalized spacial score (nSPS) is 22.5. The lowest BCUT2D eigenvalue weighted by atomic mass is 9.95. The number of aliphatic hydroxyl groups is 1. The summed E-state index contributed by atoms with van der Waals surface area (Å²) in [6, 6.07) is 6.63. The van der Waals surface area contributed by atoms with Crippen molar-refractivity contribution in [2.24, 2.45) is 0 Å². The maximum atomic E-state index is 13.0. The van der Waals surface area contributed by atoms with Gasteiger partial charge in [-0.25, -0.2) is 4.39 Å². The second-order valence-electron chi connectivity index (χ2n) is 7.07. The predicted molar refractivity (Wildman–Crippen MR) is 91.2 cm³/mol.